The molecule has 35 heavy (non-hydrogen) atoms. The van der Waals surface area contributed by atoms with Crippen LogP contribution in [0.2, 0.25) is 0 Å². The van der Waals surface area contributed by atoms with E-state index < -0.39 is 0 Å². The van der Waals surface area contributed by atoms with Gasteiger partial charge in [0.1, 0.15) is 40.6 Å². The van der Waals surface area contributed by atoms with E-state index in [4.69, 9.17) is 10.3 Å². The minimum absolute atomic E-state index is 0.283. The second-order valence-corrected chi connectivity index (χ2v) is 8.78. The summed E-state index contributed by atoms with van der Waals surface area (Å²) in [6.45, 7) is 1.96. The fraction of sp³-hybridized carbons (Fsp3) is 0.0800. The quantitative estimate of drug-likeness (QED) is 0.340. The molecule has 10 heteroatoms. The fourth-order valence-corrected chi connectivity index (χ4v) is 4.66. The summed E-state index contributed by atoms with van der Waals surface area (Å²) in [5, 5.41) is 5.69. The largest absolute Gasteiger partial charge is 0.383 e. The Hall–Kier alpha value is -4.44. The van der Waals surface area contributed by atoms with Crippen molar-refractivity contribution in [3.63, 3.8) is 0 Å². The molecule has 0 spiro atoms. The Balaban J connectivity index is 1.42. The zero-order valence-corrected chi connectivity index (χ0v) is 19.3. The Bertz CT molecular complexity index is 1640. The summed E-state index contributed by atoms with van der Waals surface area (Å²) in [6.07, 6.45) is 4.96. The molecule has 2 N–H and O–H groups in total. The third kappa shape index (κ3) is 3.64. The van der Waals surface area contributed by atoms with Crippen LogP contribution in [0, 0.1) is 5.82 Å². The number of aromatic nitrogens is 6. The highest BCUT2D eigenvalue weighted by molar-refractivity contribution is 7.09. The second kappa shape index (κ2) is 8.41. The van der Waals surface area contributed by atoms with Crippen molar-refractivity contribution < 1.29 is 8.91 Å². The van der Waals surface area contributed by atoms with E-state index in [1.54, 1.807) is 30.6 Å². The molecule has 2 aromatic carbocycles. The lowest BCUT2D eigenvalue weighted by Gasteiger charge is -2.11. The number of rotatable bonds is 5. The van der Waals surface area contributed by atoms with Crippen molar-refractivity contribution in [1.82, 2.24) is 29.0 Å². The van der Waals surface area contributed by atoms with Crippen molar-refractivity contribution in [2.75, 3.05) is 5.73 Å². The number of hydrogen-bond donors (Lipinski definition) is 1. The molecular weight excluding hydrogens is 465 g/mol. The van der Waals surface area contributed by atoms with Gasteiger partial charge in [0.25, 0.3) is 0 Å². The molecule has 1 atom stereocenters. The summed E-state index contributed by atoms with van der Waals surface area (Å²) < 4.78 is 25.9. The molecule has 6 aromatic rings. The Morgan fingerprint density at radius 3 is 2.54 bits per heavy atom. The Morgan fingerprint density at radius 1 is 0.971 bits per heavy atom. The molecule has 0 radical (unpaired) electrons. The maximum absolute atomic E-state index is 14.2. The van der Waals surface area contributed by atoms with Crippen LogP contribution >= 0.6 is 11.5 Å². The number of nitrogen functional groups attached to an aromatic ring is 1. The summed E-state index contributed by atoms with van der Waals surface area (Å²) in [6, 6.07) is 16.0. The predicted octanol–water partition coefficient (Wildman–Crippen LogP) is 5.60. The summed E-state index contributed by atoms with van der Waals surface area (Å²) in [5.41, 5.74) is 10.6. The highest BCUT2D eigenvalue weighted by atomic mass is 32.1. The molecule has 0 saturated carbocycles. The Labute approximate surface area is 203 Å². The normalized spacial score (nSPS) is 12.3. The van der Waals surface area contributed by atoms with Crippen molar-refractivity contribution in [2.24, 2.45) is 0 Å². The van der Waals surface area contributed by atoms with Gasteiger partial charge in [0.2, 0.25) is 0 Å². The van der Waals surface area contributed by atoms with Gasteiger partial charge in [-0.15, -0.1) is 0 Å². The number of nitrogens with two attached hydrogens (primary N) is 1. The van der Waals surface area contributed by atoms with Crippen LogP contribution in [0.15, 0.2) is 78.0 Å². The maximum Gasteiger partial charge on any atom is 0.159 e. The molecule has 0 fully saturated rings. The minimum Gasteiger partial charge on any atom is -0.383 e. The zero-order valence-electron chi connectivity index (χ0n) is 18.5. The lowest BCUT2D eigenvalue weighted by molar-refractivity contribution is 0.356. The van der Waals surface area contributed by atoms with Gasteiger partial charge in [-0.25, -0.2) is 19.3 Å². The summed E-state index contributed by atoms with van der Waals surface area (Å²) >= 11 is 1.34. The molecule has 0 aliphatic heterocycles. The monoisotopic (exact) mass is 483 g/mol. The third-order valence-corrected chi connectivity index (χ3v) is 6.66. The lowest BCUT2D eigenvalue weighted by atomic mass is 10.0. The number of hydrogen-bond acceptors (Lipinski definition) is 8. The predicted molar refractivity (Wildman–Crippen MR) is 132 cm³/mol. The smallest absolute Gasteiger partial charge is 0.159 e. The van der Waals surface area contributed by atoms with Gasteiger partial charge < -0.3 is 14.8 Å². The van der Waals surface area contributed by atoms with E-state index in [0.717, 1.165) is 27.1 Å². The van der Waals surface area contributed by atoms with E-state index in [-0.39, 0.29) is 11.9 Å². The maximum atomic E-state index is 14.2. The first-order valence-corrected chi connectivity index (χ1v) is 11.6. The molecule has 0 aliphatic rings. The molecule has 0 aliphatic carbocycles. The number of benzene rings is 2. The number of halogens is 1. The number of nitrogens with zero attached hydrogens (tertiary/aromatic N) is 6. The van der Waals surface area contributed by atoms with Crippen molar-refractivity contribution >= 4 is 28.4 Å². The number of fused-ring (bicyclic) bond motifs is 1. The van der Waals surface area contributed by atoms with Gasteiger partial charge in [0.05, 0.1) is 11.4 Å². The first-order valence-electron chi connectivity index (χ1n) is 10.8. The van der Waals surface area contributed by atoms with Crippen LogP contribution in [0.1, 0.15) is 18.7 Å². The summed E-state index contributed by atoms with van der Waals surface area (Å²) in [5.74, 6) is 0.593. The Kier molecular flexibility index (Phi) is 5.07. The first kappa shape index (κ1) is 21.1. The Morgan fingerprint density at radius 2 is 1.77 bits per heavy atom. The van der Waals surface area contributed by atoms with E-state index >= 15 is 0 Å². The summed E-state index contributed by atoms with van der Waals surface area (Å²) in [4.78, 5) is 13.0. The second-order valence-electron chi connectivity index (χ2n) is 8.00. The molecule has 0 amide bonds. The molecule has 1 unspecified atom stereocenters. The molecule has 6 rings (SSSR count). The average Bonchev–Trinajstić information content (AvgIpc) is 3.65. The van der Waals surface area contributed by atoms with E-state index in [1.165, 1.54) is 23.9 Å². The highest BCUT2D eigenvalue weighted by Crippen LogP contribution is 2.37. The van der Waals surface area contributed by atoms with Crippen LogP contribution in [-0.4, -0.2) is 29.0 Å². The average molecular weight is 484 g/mol. The van der Waals surface area contributed by atoms with Crippen LogP contribution < -0.4 is 5.73 Å². The van der Waals surface area contributed by atoms with Crippen LogP contribution in [0.4, 0.5) is 10.2 Å². The van der Waals surface area contributed by atoms with Gasteiger partial charge in [-0.1, -0.05) is 41.6 Å². The van der Waals surface area contributed by atoms with Gasteiger partial charge in [-0.2, -0.15) is 4.37 Å². The molecule has 0 saturated heterocycles. The van der Waals surface area contributed by atoms with Crippen LogP contribution in [0.25, 0.3) is 44.0 Å². The van der Waals surface area contributed by atoms with Crippen molar-refractivity contribution in [3.05, 3.63) is 85.0 Å². The van der Waals surface area contributed by atoms with E-state index in [0.29, 0.717) is 28.5 Å². The lowest BCUT2D eigenvalue weighted by Crippen LogP contribution is -2.05. The van der Waals surface area contributed by atoms with E-state index in [2.05, 4.69) is 24.5 Å². The molecule has 8 nitrogen and oxygen atoms in total. The zero-order chi connectivity index (χ0) is 23.9. The van der Waals surface area contributed by atoms with Gasteiger partial charge in [-0.3, -0.25) is 0 Å². The fourth-order valence-electron chi connectivity index (χ4n) is 4.13. The van der Waals surface area contributed by atoms with Gasteiger partial charge in [-0.05, 0) is 36.2 Å². The SMILES string of the molecule is CC(c1cc(-c2ccccc2F)no1)n1cc(-c2ccc(-c3ncns3)cc2)c2c(N)ncnc21. The summed E-state index contributed by atoms with van der Waals surface area (Å²) in [7, 11) is 0. The van der Waals surface area contributed by atoms with Gasteiger partial charge >= 0.3 is 0 Å². The van der Waals surface area contributed by atoms with Crippen molar-refractivity contribution in [1.29, 1.82) is 0 Å². The highest BCUT2D eigenvalue weighted by Gasteiger charge is 2.22. The van der Waals surface area contributed by atoms with E-state index in [9.17, 15) is 4.39 Å². The van der Waals surface area contributed by atoms with Crippen LogP contribution in [-0.2, 0) is 0 Å². The first-order chi connectivity index (χ1) is 17.1. The molecule has 4 heterocycles. The van der Waals surface area contributed by atoms with Crippen molar-refractivity contribution in [3.8, 4) is 33.0 Å². The van der Waals surface area contributed by atoms with Crippen LogP contribution in [0.3, 0.4) is 0 Å². The standard InChI is InChI=1S/C25H18FN7OS/c1-14(21-10-20(32-34-21)17-4-2-3-5-19(17)26)33-11-18(22-23(27)28-12-29-24(22)33)15-6-8-16(9-7-15)25-30-13-31-35-25/h2-14H,1H3,(H2,27,28,29). The molecule has 0 bridgehead atoms. The van der Waals surface area contributed by atoms with Crippen LogP contribution in [0.5, 0.6) is 0 Å². The van der Waals surface area contributed by atoms with Gasteiger partial charge in [0, 0.05) is 29.0 Å². The number of anilines is 1. The minimum atomic E-state index is -0.355. The third-order valence-electron chi connectivity index (χ3n) is 5.95. The topological polar surface area (TPSA) is 109 Å². The molecular formula is C25H18FN7OS. The molecule has 4 aromatic heterocycles. The van der Waals surface area contributed by atoms with E-state index in [1.807, 2.05) is 42.0 Å². The van der Waals surface area contributed by atoms with Gasteiger partial charge in [0.15, 0.2) is 5.76 Å². The van der Waals surface area contributed by atoms with Crippen molar-refractivity contribution in [2.45, 2.75) is 13.0 Å². The molecule has 172 valence electrons.